The maximum atomic E-state index is 13.2. The van der Waals surface area contributed by atoms with Gasteiger partial charge in [0.2, 0.25) is 0 Å². The number of rotatable bonds is 3. The van der Waals surface area contributed by atoms with Crippen molar-refractivity contribution in [2.45, 2.75) is 38.1 Å². The molecule has 1 N–H and O–H groups in total. The lowest BCUT2D eigenvalue weighted by atomic mass is 9.94. The predicted octanol–water partition coefficient (Wildman–Crippen LogP) is 4.77. The van der Waals surface area contributed by atoms with Crippen LogP contribution < -0.4 is 5.32 Å². The van der Waals surface area contributed by atoms with Crippen LogP contribution in [0.2, 0.25) is 0 Å². The lowest BCUT2D eigenvalue weighted by Gasteiger charge is -2.29. The lowest BCUT2D eigenvalue weighted by molar-refractivity contribution is 0.0549. The number of nitrogens with one attached hydrogen (secondary N) is 1. The van der Waals surface area contributed by atoms with Crippen LogP contribution in [0.4, 0.5) is 10.1 Å². The van der Waals surface area contributed by atoms with E-state index in [0.717, 1.165) is 32.1 Å². The normalized spacial score (nSPS) is 17.0. The first-order chi connectivity index (χ1) is 13.5. The highest BCUT2D eigenvalue weighted by Gasteiger charge is 2.40. The molecule has 0 bridgehead atoms. The minimum absolute atomic E-state index is 0.0615. The zero-order chi connectivity index (χ0) is 19.8. The third-order valence-electron chi connectivity index (χ3n) is 5.30. The fourth-order valence-electron chi connectivity index (χ4n) is 3.86. The number of fused-ring (bicyclic) bond motifs is 1. The summed E-state index contributed by atoms with van der Waals surface area (Å²) < 4.78 is 13.6. The molecule has 2 aromatic carbocycles. The number of halogens is 2. The molecule has 1 aliphatic heterocycles. The third-order valence-corrected chi connectivity index (χ3v) is 5.96. The van der Waals surface area contributed by atoms with Crippen LogP contribution in [0.5, 0.6) is 0 Å². The Bertz CT molecular complexity index is 986. The second kappa shape index (κ2) is 7.47. The van der Waals surface area contributed by atoms with E-state index in [1.54, 1.807) is 0 Å². The van der Waals surface area contributed by atoms with E-state index < -0.39 is 11.7 Å². The Morgan fingerprint density at radius 1 is 1.00 bits per heavy atom. The van der Waals surface area contributed by atoms with Crippen LogP contribution in [0.3, 0.4) is 0 Å². The second-order valence-electron chi connectivity index (χ2n) is 7.11. The molecule has 4 rings (SSSR count). The average molecular weight is 445 g/mol. The van der Waals surface area contributed by atoms with Crippen LogP contribution in [-0.4, -0.2) is 28.7 Å². The molecular weight excluding hydrogens is 427 g/mol. The minimum Gasteiger partial charge on any atom is -0.321 e. The fourth-order valence-corrected chi connectivity index (χ4v) is 4.31. The van der Waals surface area contributed by atoms with Gasteiger partial charge in [-0.05, 0) is 65.2 Å². The minimum atomic E-state index is -0.438. The summed E-state index contributed by atoms with van der Waals surface area (Å²) in [6, 6.07) is 8.41. The van der Waals surface area contributed by atoms with Crippen LogP contribution >= 0.6 is 15.9 Å². The Balaban J connectivity index is 1.58. The van der Waals surface area contributed by atoms with E-state index in [9.17, 15) is 18.8 Å². The molecule has 0 atom stereocenters. The Hall–Kier alpha value is -2.54. The molecule has 144 valence electrons. The topological polar surface area (TPSA) is 66.5 Å². The zero-order valence-electron chi connectivity index (χ0n) is 15.0. The number of hydrogen-bond acceptors (Lipinski definition) is 3. The van der Waals surface area contributed by atoms with Crippen molar-refractivity contribution >= 4 is 39.3 Å². The van der Waals surface area contributed by atoms with Crippen LogP contribution in [0.1, 0.15) is 63.2 Å². The summed E-state index contributed by atoms with van der Waals surface area (Å²) in [5.74, 6) is -1.47. The molecule has 28 heavy (non-hydrogen) atoms. The summed E-state index contributed by atoms with van der Waals surface area (Å²) in [5, 5.41) is 2.68. The number of anilines is 1. The van der Waals surface area contributed by atoms with E-state index in [1.165, 1.54) is 41.3 Å². The number of nitrogens with zero attached hydrogens (tertiary/aromatic N) is 1. The highest BCUT2D eigenvalue weighted by atomic mass is 79.9. The van der Waals surface area contributed by atoms with Gasteiger partial charge in [0, 0.05) is 16.1 Å². The Labute approximate surface area is 170 Å². The number of carbonyl (C=O) groups is 3. The maximum absolute atomic E-state index is 13.2. The SMILES string of the molecule is O=C(Nc1ccc(F)cc1Br)c1ccc2c(c1)C(=O)N(C1CCCCC1)C2=O. The van der Waals surface area contributed by atoms with Crippen LogP contribution in [-0.2, 0) is 0 Å². The highest BCUT2D eigenvalue weighted by molar-refractivity contribution is 9.10. The zero-order valence-corrected chi connectivity index (χ0v) is 16.6. The van der Waals surface area contributed by atoms with Crippen molar-refractivity contribution in [2.24, 2.45) is 0 Å². The van der Waals surface area contributed by atoms with E-state index in [4.69, 9.17) is 0 Å². The van der Waals surface area contributed by atoms with Crippen molar-refractivity contribution in [2.75, 3.05) is 5.32 Å². The predicted molar refractivity (Wildman–Crippen MR) is 106 cm³/mol. The van der Waals surface area contributed by atoms with E-state index in [0.29, 0.717) is 15.7 Å². The molecule has 1 fully saturated rings. The van der Waals surface area contributed by atoms with E-state index >= 15 is 0 Å². The van der Waals surface area contributed by atoms with Gasteiger partial charge in [0.15, 0.2) is 0 Å². The second-order valence-corrected chi connectivity index (χ2v) is 7.97. The molecule has 2 aromatic rings. The molecule has 0 unspecified atom stereocenters. The molecule has 3 amide bonds. The van der Waals surface area contributed by atoms with E-state index in [1.807, 2.05) is 0 Å². The molecule has 2 aliphatic rings. The largest absolute Gasteiger partial charge is 0.321 e. The molecule has 5 nitrogen and oxygen atoms in total. The van der Waals surface area contributed by atoms with Crippen LogP contribution in [0, 0.1) is 5.82 Å². The van der Waals surface area contributed by atoms with Crippen LogP contribution in [0.15, 0.2) is 40.9 Å². The number of amides is 3. The molecule has 0 aromatic heterocycles. The quantitative estimate of drug-likeness (QED) is 0.693. The van der Waals surface area contributed by atoms with Crippen molar-refractivity contribution < 1.29 is 18.8 Å². The Morgan fingerprint density at radius 2 is 1.71 bits per heavy atom. The fraction of sp³-hybridized carbons (Fsp3) is 0.286. The molecule has 1 aliphatic carbocycles. The smallest absolute Gasteiger partial charge is 0.261 e. The first-order valence-corrected chi connectivity index (χ1v) is 10.0. The summed E-state index contributed by atoms with van der Waals surface area (Å²) >= 11 is 3.21. The van der Waals surface area contributed by atoms with Gasteiger partial charge < -0.3 is 5.32 Å². The van der Waals surface area contributed by atoms with Crippen molar-refractivity contribution in [1.82, 2.24) is 4.90 Å². The monoisotopic (exact) mass is 444 g/mol. The maximum Gasteiger partial charge on any atom is 0.261 e. The number of imide groups is 1. The Morgan fingerprint density at radius 3 is 2.43 bits per heavy atom. The van der Waals surface area contributed by atoms with Crippen molar-refractivity contribution in [3.63, 3.8) is 0 Å². The summed E-state index contributed by atoms with van der Waals surface area (Å²) in [4.78, 5) is 39.5. The molecule has 0 spiro atoms. The van der Waals surface area contributed by atoms with Gasteiger partial charge in [-0.15, -0.1) is 0 Å². The van der Waals surface area contributed by atoms with Gasteiger partial charge in [-0.25, -0.2) is 4.39 Å². The Kier molecular flexibility index (Phi) is 5.02. The van der Waals surface area contributed by atoms with Gasteiger partial charge in [0.1, 0.15) is 5.82 Å². The average Bonchev–Trinajstić information content (AvgIpc) is 2.94. The lowest BCUT2D eigenvalue weighted by Crippen LogP contribution is -2.40. The number of hydrogen-bond donors (Lipinski definition) is 1. The van der Waals surface area contributed by atoms with Gasteiger partial charge >= 0.3 is 0 Å². The first-order valence-electron chi connectivity index (χ1n) is 9.24. The molecule has 1 heterocycles. The summed E-state index contributed by atoms with van der Waals surface area (Å²) in [5.41, 5.74) is 1.29. The van der Waals surface area contributed by atoms with E-state index in [2.05, 4.69) is 21.2 Å². The summed E-state index contributed by atoms with van der Waals surface area (Å²) in [6.45, 7) is 0. The molecular formula is C21H18BrFN2O3. The molecule has 7 heteroatoms. The van der Waals surface area contributed by atoms with Gasteiger partial charge in [-0.3, -0.25) is 19.3 Å². The third kappa shape index (κ3) is 3.35. The summed E-state index contributed by atoms with van der Waals surface area (Å²) in [7, 11) is 0. The summed E-state index contributed by atoms with van der Waals surface area (Å²) in [6.07, 6.45) is 4.81. The van der Waals surface area contributed by atoms with Gasteiger partial charge in [0.25, 0.3) is 17.7 Å². The molecule has 0 saturated heterocycles. The molecule has 0 radical (unpaired) electrons. The van der Waals surface area contributed by atoms with Crippen molar-refractivity contribution in [3.8, 4) is 0 Å². The standard InChI is InChI=1S/C21H18BrFN2O3/c22-17-11-13(23)7-9-18(17)24-19(26)12-6-8-15-16(10-12)21(28)25(20(15)27)14-4-2-1-3-5-14/h6-11,14H,1-5H2,(H,24,26). The van der Waals surface area contributed by atoms with Crippen molar-refractivity contribution in [1.29, 1.82) is 0 Å². The van der Waals surface area contributed by atoms with Crippen LogP contribution in [0.25, 0.3) is 0 Å². The van der Waals surface area contributed by atoms with Gasteiger partial charge in [-0.2, -0.15) is 0 Å². The van der Waals surface area contributed by atoms with E-state index in [-0.39, 0.29) is 29.0 Å². The number of carbonyl (C=O) groups excluding carboxylic acids is 3. The van der Waals surface area contributed by atoms with Crippen molar-refractivity contribution in [3.05, 3.63) is 63.4 Å². The van der Waals surface area contributed by atoms with Gasteiger partial charge in [0.05, 0.1) is 16.8 Å². The highest BCUT2D eigenvalue weighted by Crippen LogP contribution is 2.32. The molecule has 1 saturated carbocycles. The first kappa shape index (κ1) is 18.8. The number of benzene rings is 2. The van der Waals surface area contributed by atoms with Gasteiger partial charge in [-0.1, -0.05) is 19.3 Å².